The summed E-state index contributed by atoms with van der Waals surface area (Å²) >= 11 is 0. The van der Waals surface area contributed by atoms with Gasteiger partial charge in [0.2, 0.25) is 0 Å². The molecule has 1 aromatic carbocycles. The molecular weight excluding hydrogens is 160 g/mol. The van der Waals surface area contributed by atoms with Gasteiger partial charge in [0.25, 0.3) is 0 Å². The molecule has 0 radical (unpaired) electrons. The Kier molecular flexibility index (Phi) is 6.52. The molecule has 1 rings (SSSR count). The maximum absolute atomic E-state index is 10.9. The first-order chi connectivity index (χ1) is 6.33. The zero-order valence-corrected chi connectivity index (χ0v) is 8.29. The number of ketones is 1. The largest absolute Gasteiger partial charge is 0.295 e. The lowest BCUT2D eigenvalue weighted by molar-refractivity contribution is -0.114. The minimum atomic E-state index is 0.0659. The second-order valence-electron chi connectivity index (χ2n) is 2.33. The topological polar surface area (TPSA) is 17.1 Å². The summed E-state index contributed by atoms with van der Waals surface area (Å²) in [7, 11) is 0. The van der Waals surface area contributed by atoms with E-state index >= 15 is 0 Å². The summed E-state index contributed by atoms with van der Waals surface area (Å²) in [4.78, 5) is 10.9. The van der Waals surface area contributed by atoms with E-state index < -0.39 is 0 Å². The van der Waals surface area contributed by atoms with Gasteiger partial charge >= 0.3 is 0 Å². The lowest BCUT2D eigenvalue weighted by Gasteiger charge is -1.94. The Morgan fingerprint density at radius 1 is 1.31 bits per heavy atom. The van der Waals surface area contributed by atoms with Crippen LogP contribution < -0.4 is 0 Å². The van der Waals surface area contributed by atoms with Crippen molar-refractivity contribution >= 4 is 5.78 Å². The lowest BCUT2D eigenvalue weighted by Crippen LogP contribution is -1.96. The maximum atomic E-state index is 10.9. The van der Waals surface area contributed by atoms with Crippen LogP contribution in [-0.2, 0) is 11.2 Å². The van der Waals surface area contributed by atoms with E-state index in [-0.39, 0.29) is 5.78 Å². The van der Waals surface area contributed by atoms with Gasteiger partial charge in [-0.25, -0.2) is 0 Å². The van der Waals surface area contributed by atoms with Gasteiger partial charge in [0.15, 0.2) is 5.78 Å². The Labute approximate surface area is 80.1 Å². The predicted octanol–water partition coefficient (Wildman–Crippen LogP) is 3.01. The van der Waals surface area contributed by atoms with Crippen molar-refractivity contribution in [3.05, 3.63) is 48.6 Å². The van der Waals surface area contributed by atoms with Gasteiger partial charge in [0.1, 0.15) is 0 Å². The molecule has 0 saturated carbocycles. The third-order valence-corrected chi connectivity index (χ3v) is 1.45. The Hall–Kier alpha value is -1.37. The van der Waals surface area contributed by atoms with Gasteiger partial charge in [-0.3, -0.25) is 4.79 Å². The van der Waals surface area contributed by atoms with Gasteiger partial charge in [0, 0.05) is 6.42 Å². The number of carbonyl (C=O) groups is 1. The van der Waals surface area contributed by atoms with Crippen LogP contribution >= 0.6 is 0 Å². The molecule has 0 spiro atoms. The summed E-state index contributed by atoms with van der Waals surface area (Å²) in [6, 6.07) is 9.64. The average molecular weight is 176 g/mol. The maximum Gasteiger partial charge on any atom is 0.159 e. The quantitative estimate of drug-likeness (QED) is 0.647. The highest BCUT2D eigenvalue weighted by Crippen LogP contribution is 1.99. The first-order valence-corrected chi connectivity index (χ1v) is 4.52. The highest BCUT2D eigenvalue weighted by molar-refractivity contribution is 5.90. The number of hydrogen-bond donors (Lipinski definition) is 0. The zero-order chi connectivity index (χ0) is 10.1. The van der Waals surface area contributed by atoms with Crippen LogP contribution in [0, 0.1) is 0 Å². The van der Waals surface area contributed by atoms with E-state index in [1.807, 2.05) is 44.2 Å². The molecule has 1 aromatic rings. The minimum Gasteiger partial charge on any atom is -0.295 e. The third-order valence-electron chi connectivity index (χ3n) is 1.45. The molecule has 0 unspecified atom stereocenters. The highest BCUT2D eigenvalue weighted by atomic mass is 16.1. The molecular formula is C12H16O. The fraction of sp³-hybridized carbons (Fsp3) is 0.250. The van der Waals surface area contributed by atoms with E-state index in [0.29, 0.717) is 6.42 Å². The van der Waals surface area contributed by atoms with Gasteiger partial charge in [-0.05, 0) is 11.6 Å². The fourth-order valence-electron chi connectivity index (χ4n) is 0.869. The van der Waals surface area contributed by atoms with E-state index in [4.69, 9.17) is 0 Å². The van der Waals surface area contributed by atoms with Crippen LogP contribution in [0.15, 0.2) is 43.0 Å². The normalized spacial score (nSPS) is 8.15. The molecule has 0 bridgehead atoms. The van der Waals surface area contributed by atoms with Crippen LogP contribution in [0.5, 0.6) is 0 Å². The van der Waals surface area contributed by atoms with Gasteiger partial charge in [-0.2, -0.15) is 0 Å². The molecule has 0 aliphatic heterocycles. The summed E-state index contributed by atoms with van der Waals surface area (Å²) in [5.41, 5.74) is 1.04. The molecule has 0 aromatic heterocycles. The van der Waals surface area contributed by atoms with Crippen LogP contribution in [0.25, 0.3) is 0 Å². The number of allylic oxidation sites excluding steroid dienone is 1. The Bertz CT molecular complexity index is 249. The molecule has 0 aliphatic carbocycles. The molecule has 13 heavy (non-hydrogen) atoms. The summed E-state index contributed by atoms with van der Waals surface area (Å²) in [6.07, 6.45) is 1.82. The number of hydrogen-bond acceptors (Lipinski definition) is 1. The fourth-order valence-corrected chi connectivity index (χ4v) is 0.869. The van der Waals surface area contributed by atoms with Crippen LogP contribution in [0.1, 0.15) is 19.4 Å². The Morgan fingerprint density at radius 3 is 2.31 bits per heavy atom. The van der Waals surface area contributed by atoms with Gasteiger partial charge in [-0.1, -0.05) is 50.8 Å². The molecule has 0 aliphatic rings. The van der Waals surface area contributed by atoms with E-state index in [0.717, 1.165) is 5.56 Å². The molecule has 1 nitrogen and oxygen atoms in total. The molecule has 0 heterocycles. The molecule has 0 atom stereocenters. The lowest BCUT2D eigenvalue weighted by atomic mass is 10.1. The Morgan fingerprint density at radius 2 is 1.85 bits per heavy atom. The van der Waals surface area contributed by atoms with Crippen LogP contribution in [0.2, 0.25) is 0 Å². The summed E-state index contributed by atoms with van der Waals surface area (Å²) in [6.45, 7) is 7.41. The van der Waals surface area contributed by atoms with Gasteiger partial charge in [0.05, 0.1) is 0 Å². The predicted molar refractivity (Wildman–Crippen MR) is 56.7 cm³/mol. The van der Waals surface area contributed by atoms with Gasteiger partial charge in [-0.15, -0.1) is 0 Å². The SMILES string of the molecule is C=CC(=O)Cc1ccccc1.CC. The third kappa shape index (κ3) is 4.96. The standard InChI is InChI=1S/C10H10O.C2H6/c1-2-10(11)8-9-6-4-3-5-7-9;1-2/h2-7H,1,8H2;1-2H3. The minimum absolute atomic E-state index is 0.0659. The van der Waals surface area contributed by atoms with Crippen molar-refractivity contribution in [1.82, 2.24) is 0 Å². The molecule has 0 N–H and O–H groups in total. The van der Waals surface area contributed by atoms with Crippen molar-refractivity contribution in [1.29, 1.82) is 0 Å². The molecule has 0 saturated heterocycles. The molecule has 1 heteroatoms. The molecule has 0 amide bonds. The van der Waals surface area contributed by atoms with Gasteiger partial charge < -0.3 is 0 Å². The highest BCUT2D eigenvalue weighted by Gasteiger charge is 1.95. The summed E-state index contributed by atoms with van der Waals surface area (Å²) < 4.78 is 0. The monoisotopic (exact) mass is 176 g/mol. The smallest absolute Gasteiger partial charge is 0.159 e. The van der Waals surface area contributed by atoms with Crippen molar-refractivity contribution in [2.24, 2.45) is 0 Å². The second-order valence-corrected chi connectivity index (χ2v) is 2.33. The molecule has 0 fully saturated rings. The number of carbonyl (C=O) groups excluding carboxylic acids is 1. The van der Waals surface area contributed by atoms with Crippen LogP contribution in [0.4, 0.5) is 0 Å². The zero-order valence-electron chi connectivity index (χ0n) is 8.29. The molecule has 70 valence electrons. The summed E-state index contributed by atoms with van der Waals surface area (Å²) in [5, 5.41) is 0. The number of rotatable bonds is 3. The second kappa shape index (κ2) is 7.29. The van der Waals surface area contributed by atoms with Crippen molar-refractivity contribution in [3.8, 4) is 0 Å². The van der Waals surface area contributed by atoms with E-state index in [9.17, 15) is 4.79 Å². The van der Waals surface area contributed by atoms with E-state index in [1.54, 1.807) is 0 Å². The Balaban J connectivity index is 0.000000671. The van der Waals surface area contributed by atoms with Crippen molar-refractivity contribution in [2.45, 2.75) is 20.3 Å². The van der Waals surface area contributed by atoms with E-state index in [2.05, 4.69) is 6.58 Å². The van der Waals surface area contributed by atoms with E-state index in [1.165, 1.54) is 6.08 Å². The van der Waals surface area contributed by atoms with Crippen molar-refractivity contribution in [3.63, 3.8) is 0 Å². The average Bonchev–Trinajstić information content (AvgIpc) is 2.22. The number of benzene rings is 1. The van der Waals surface area contributed by atoms with Crippen molar-refractivity contribution in [2.75, 3.05) is 0 Å². The summed E-state index contributed by atoms with van der Waals surface area (Å²) in [5.74, 6) is 0.0659. The van der Waals surface area contributed by atoms with Crippen LogP contribution in [-0.4, -0.2) is 5.78 Å². The van der Waals surface area contributed by atoms with Crippen molar-refractivity contribution < 1.29 is 4.79 Å². The first-order valence-electron chi connectivity index (χ1n) is 4.52. The van der Waals surface area contributed by atoms with Crippen LogP contribution in [0.3, 0.4) is 0 Å². The first kappa shape index (κ1) is 11.6.